The van der Waals surface area contributed by atoms with E-state index in [-0.39, 0.29) is 0 Å². The third-order valence-corrected chi connectivity index (χ3v) is 3.98. The Morgan fingerprint density at radius 3 is 2.78 bits per heavy atom. The number of hydrogen-bond donors (Lipinski definition) is 1. The molecule has 0 atom stereocenters. The molecule has 0 bridgehead atoms. The molecule has 120 valence electrons. The summed E-state index contributed by atoms with van der Waals surface area (Å²) in [5.74, 6) is -1.11. The molecule has 1 N–H and O–H groups in total. The fraction of sp³-hybridized carbons (Fsp3) is 0.133. The zero-order valence-corrected chi connectivity index (χ0v) is 14.3. The van der Waals surface area contributed by atoms with E-state index in [0.717, 1.165) is 0 Å². The number of thioether (sulfide) groups is 1. The number of benzene rings is 1. The van der Waals surface area contributed by atoms with Crippen LogP contribution < -0.4 is 5.32 Å². The van der Waals surface area contributed by atoms with E-state index in [1.54, 1.807) is 36.7 Å². The highest BCUT2D eigenvalue weighted by Crippen LogP contribution is 2.25. The van der Waals surface area contributed by atoms with Gasteiger partial charge < -0.3 is 10.1 Å². The summed E-state index contributed by atoms with van der Waals surface area (Å²) in [4.78, 5) is 27.9. The van der Waals surface area contributed by atoms with E-state index >= 15 is 0 Å². The zero-order valence-electron chi connectivity index (χ0n) is 12.0. The van der Waals surface area contributed by atoms with Gasteiger partial charge in [0.15, 0.2) is 6.61 Å². The number of hydrogen-bond acceptors (Lipinski definition) is 5. The monoisotopic (exact) mass is 370 g/mol. The van der Waals surface area contributed by atoms with Crippen molar-refractivity contribution in [2.24, 2.45) is 0 Å². The number of ether oxygens (including phenoxy) is 1. The molecule has 1 amide bonds. The predicted octanol–water partition coefficient (Wildman–Crippen LogP) is 3.91. The molecule has 2 aromatic rings. The summed E-state index contributed by atoms with van der Waals surface area (Å²) in [7, 11) is 0. The summed E-state index contributed by atoms with van der Waals surface area (Å²) in [6.45, 7) is -0.430. The van der Waals surface area contributed by atoms with Crippen molar-refractivity contribution in [3.8, 4) is 0 Å². The van der Waals surface area contributed by atoms with Gasteiger partial charge in [0.05, 0.1) is 16.3 Å². The second-order valence-electron chi connectivity index (χ2n) is 4.31. The van der Waals surface area contributed by atoms with Gasteiger partial charge >= 0.3 is 5.97 Å². The molecule has 1 aromatic heterocycles. The molecule has 0 aliphatic carbocycles. The lowest BCUT2D eigenvalue weighted by molar-refractivity contribution is -0.119. The summed E-state index contributed by atoms with van der Waals surface area (Å²) in [6.07, 6.45) is 3.38. The van der Waals surface area contributed by atoms with Crippen LogP contribution in [0, 0.1) is 0 Å². The molecule has 23 heavy (non-hydrogen) atoms. The summed E-state index contributed by atoms with van der Waals surface area (Å²) < 4.78 is 4.99. The highest BCUT2D eigenvalue weighted by molar-refractivity contribution is 7.98. The van der Waals surface area contributed by atoms with Gasteiger partial charge in [-0.1, -0.05) is 23.2 Å². The van der Waals surface area contributed by atoms with Crippen LogP contribution in [0.3, 0.4) is 0 Å². The molecule has 0 aliphatic rings. The van der Waals surface area contributed by atoms with Crippen LogP contribution >= 0.6 is 35.0 Å². The maximum Gasteiger partial charge on any atom is 0.341 e. The molecular weight excluding hydrogens is 359 g/mol. The first-order valence-corrected chi connectivity index (χ1v) is 8.40. The number of aromatic nitrogens is 1. The van der Waals surface area contributed by atoms with Gasteiger partial charge in [0.25, 0.3) is 5.91 Å². The van der Waals surface area contributed by atoms with E-state index in [4.69, 9.17) is 27.9 Å². The molecule has 0 saturated heterocycles. The number of amides is 1. The molecule has 0 fully saturated rings. The summed E-state index contributed by atoms with van der Waals surface area (Å²) in [6, 6.07) is 7.89. The second-order valence-corrected chi connectivity index (χ2v) is 5.95. The Hall–Kier alpha value is -1.76. The van der Waals surface area contributed by atoms with Crippen LogP contribution in [0.2, 0.25) is 10.0 Å². The zero-order chi connectivity index (χ0) is 16.8. The van der Waals surface area contributed by atoms with Crippen LogP contribution in [0.4, 0.5) is 5.69 Å². The Kier molecular flexibility index (Phi) is 6.27. The molecule has 5 nitrogen and oxygen atoms in total. The number of anilines is 1. The maximum atomic E-state index is 12.0. The number of nitrogens with zero attached hydrogens (tertiary/aromatic N) is 1. The fourth-order valence-corrected chi connectivity index (χ4v) is 2.69. The maximum absolute atomic E-state index is 12.0. The molecule has 2 rings (SSSR count). The van der Waals surface area contributed by atoms with Gasteiger partial charge in [-0.2, -0.15) is 0 Å². The Balaban J connectivity index is 1.95. The van der Waals surface area contributed by atoms with Crippen LogP contribution in [0.25, 0.3) is 0 Å². The minimum absolute atomic E-state index is 0.300. The van der Waals surface area contributed by atoms with Crippen molar-refractivity contribution in [2.75, 3.05) is 18.2 Å². The predicted molar refractivity (Wildman–Crippen MR) is 91.4 cm³/mol. The van der Waals surface area contributed by atoms with Crippen molar-refractivity contribution >= 4 is 52.5 Å². The van der Waals surface area contributed by atoms with Crippen molar-refractivity contribution in [1.82, 2.24) is 4.98 Å². The van der Waals surface area contributed by atoms with Crippen LogP contribution in [0.1, 0.15) is 10.4 Å². The third kappa shape index (κ3) is 4.86. The van der Waals surface area contributed by atoms with Gasteiger partial charge in [0.1, 0.15) is 5.03 Å². The lowest BCUT2D eigenvalue weighted by atomic mass is 10.3. The molecule has 0 aliphatic heterocycles. The standard InChI is InChI=1S/C15H12Cl2N2O3S/c1-23-14-10(3-2-6-18-14)15(21)22-8-13(20)19-12-5-4-9(16)7-11(12)17/h2-7H,8H2,1H3,(H,19,20). The lowest BCUT2D eigenvalue weighted by Gasteiger charge is -2.09. The summed E-state index contributed by atoms with van der Waals surface area (Å²) in [5.41, 5.74) is 0.709. The number of nitrogens with one attached hydrogen (secondary N) is 1. The quantitative estimate of drug-likeness (QED) is 0.638. The van der Waals surface area contributed by atoms with E-state index in [9.17, 15) is 9.59 Å². The number of esters is 1. The summed E-state index contributed by atoms with van der Waals surface area (Å²) >= 11 is 13.1. The second kappa shape index (κ2) is 8.19. The Morgan fingerprint density at radius 1 is 1.30 bits per heavy atom. The molecule has 0 radical (unpaired) electrons. The van der Waals surface area contributed by atoms with Crippen molar-refractivity contribution in [3.63, 3.8) is 0 Å². The van der Waals surface area contributed by atoms with Gasteiger partial charge in [-0.25, -0.2) is 9.78 Å². The number of carbonyl (C=O) groups excluding carboxylic acids is 2. The topological polar surface area (TPSA) is 68.3 Å². The van der Waals surface area contributed by atoms with Crippen molar-refractivity contribution in [3.05, 3.63) is 52.1 Å². The van der Waals surface area contributed by atoms with E-state index in [1.165, 1.54) is 17.8 Å². The van der Waals surface area contributed by atoms with Crippen molar-refractivity contribution in [2.45, 2.75) is 5.03 Å². The summed E-state index contributed by atoms with van der Waals surface area (Å²) in [5, 5.41) is 3.84. The minimum atomic E-state index is -0.611. The van der Waals surface area contributed by atoms with Crippen molar-refractivity contribution in [1.29, 1.82) is 0 Å². The number of rotatable bonds is 5. The SMILES string of the molecule is CSc1ncccc1C(=O)OCC(=O)Nc1ccc(Cl)cc1Cl. The van der Waals surface area contributed by atoms with Gasteiger partial charge in [-0.3, -0.25) is 4.79 Å². The first-order chi connectivity index (χ1) is 11.0. The normalized spacial score (nSPS) is 10.2. The lowest BCUT2D eigenvalue weighted by Crippen LogP contribution is -2.21. The van der Waals surface area contributed by atoms with Crippen LogP contribution in [0.5, 0.6) is 0 Å². The van der Waals surface area contributed by atoms with E-state index < -0.39 is 18.5 Å². The molecule has 8 heteroatoms. The number of halogens is 2. The molecule has 1 aromatic carbocycles. The van der Waals surface area contributed by atoms with Gasteiger partial charge in [-0.05, 0) is 36.6 Å². The van der Waals surface area contributed by atoms with Crippen molar-refractivity contribution < 1.29 is 14.3 Å². The Labute approximate surface area is 147 Å². The minimum Gasteiger partial charge on any atom is -0.452 e. The third-order valence-electron chi connectivity index (χ3n) is 2.72. The average molecular weight is 371 g/mol. The van der Waals surface area contributed by atoms with Crippen LogP contribution in [-0.2, 0) is 9.53 Å². The van der Waals surface area contributed by atoms with Crippen LogP contribution in [-0.4, -0.2) is 29.7 Å². The highest BCUT2D eigenvalue weighted by Gasteiger charge is 2.15. The van der Waals surface area contributed by atoms with Gasteiger partial charge in [0.2, 0.25) is 0 Å². The smallest absolute Gasteiger partial charge is 0.341 e. The highest BCUT2D eigenvalue weighted by atomic mass is 35.5. The fourth-order valence-electron chi connectivity index (χ4n) is 1.69. The first-order valence-electron chi connectivity index (χ1n) is 6.42. The van der Waals surface area contributed by atoms with E-state index in [2.05, 4.69) is 10.3 Å². The first kappa shape index (κ1) is 17.6. The Morgan fingerprint density at radius 2 is 2.09 bits per heavy atom. The van der Waals surface area contributed by atoms with E-state index in [1.807, 2.05) is 0 Å². The molecule has 0 unspecified atom stereocenters. The number of carbonyl (C=O) groups is 2. The van der Waals surface area contributed by atoms with E-state index in [0.29, 0.717) is 26.3 Å². The number of pyridine rings is 1. The molecular formula is C15H12Cl2N2O3S. The van der Waals surface area contributed by atoms with Crippen LogP contribution in [0.15, 0.2) is 41.6 Å². The van der Waals surface area contributed by atoms with Gasteiger partial charge in [0, 0.05) is 11.2 Å². The molecule has 1 heterocycles. The van der Waals surface area contributed by atoms with Gasteiger partial charge in [-0.15, -0.1) is 11.8 Å². The average Bonchev–Trinajstić information content (AvgIpc) is 2.55. The molecule has 0 spiro atoms. The Bertz CT molecular complexity index is 740. The molecule has 0 saturated carbocycles. The largest absolute Gasteiger partial charge is 0.452 e.